The molecule has 0 saturated heterocycles. The molecule has 1 aromatic carbocycles. The van der Waals surface area contributed by atoms with Gasteiger partial charge in [0.05, 0.1) is 11.1 Å². The van der Waals surface area contributed by atoms with Gasteiger partial charge in [-0.05, 0) is 43.2 Å². The van der Waals surface area contributed by atoms with Crippen LogP contribution in [0.15, 0.2) is 42.6 Å². The van der Waals surface area contributed by atoms with Crippen LogP contribution >= 0.6 is 0 Å². The Morgan fingerprint density at radius 2 is 1.88 bits per heavy atom. The van der Waals surface area contributed by atoms with Crippen molar-refractivity contribution in [2.75, 3.05) is 10.6 Å². The first kappa shape index (κ1) is 22.7. The molecule has 0 aliphatic rings. The van der Waals surface area contributed by atoms with Crippen LogP contribution in [0.25, 0.3) is 10.9 Å². The lowest BCUT2D eigenvalue weighted by molar-refractivity contribution is 0.1000. The lowest BCUT2D eigenvalue weighted by Crippen LogP contribution is -2.47. The molecule has 2 aromatic heterocycles. The molecule has 2 amide bonds. The number of fused-ring (bicyclic) bond motifs is 1. The van der Waals surface area contributed by atoms with Crippen LogP contribution in [0.4, 0.5) is 26.5 Å². The third-order valence-corrected chi connectivity index (χ3v) is 5.02. The van der Waals surface area contributed by atoms with Gasteiger partial charge in [-0.1, -0.05) is 19.9 Å². The van der Waals surface area contributed by atoms with Crippen molar-refractivity contribution in [2.45, 2.75) is 32.9 Å². The molecular weight excluding hydrogens is 415 g/mol. The molecule has 168 valence electrons. The van der Waals surface area contributed by atoms with Gasteiger partial charge in [0.15, 0.2) is 11.6 Å². The maximum Gasteiger partial charge on any atom is 0.404 e. The number of nitrogens with one attached hydrogen (secondary N) is 3. The largest absolute Gasteiger partial charge is 0.465 e. The Kier molecular flexibility index (Phi) is 6.72. The molecular formula is C22H25FN6O3. The van der Waals surface area contributed by atoms with Crippen molar-refractivity contribution in [2.24, 2.45) is 11.7 Å². The fourth-order valence-corrected chi connectivity index (χ4v) is 3.47. The van der Waals surface area contributed by atoms with Gasteiger partial charge in [-0.2, -0.15) is 0 Å². The van der Waals surface area contributed by atoms with Crippen molar-refractivity contribution in [1.82, 2.24) is 15.3 Å². The Morgan fingerprint density at radius 3 is 2.53 bits per heavy atom. The summed E-state index contributed by atoms with van der Waals surface area (Å²) < 4.78 is 14.8. The maximum atomic E-state index is 14.8. The predicted octanol–water partition coefficient (Wildman–Crippen LogP) is 3.70. The number of carbonyl (C=O) groups is 2. The molecule has 0 bridgehead atoms. The molecule has 0 radical (unpaired) electrons. The molecule has 9 nitrogen and oxygen atoms in total. The van der Waals surface area contributed by atoms with E-state index in [0.29, 0.717) is 5.69 Å². The Hall–Kier alpha value is -3.95. The van der Waals surface area contributed by atoms with Gasteiger partial charge in [0.2, 0.25) is 0 Å². The topological polar surface area (TPSA) is 142 Å². The summed E-state index contributed by atoms with van der Waals surface area (Å²) in [5.41, 5.74) is 6.73. The number of rotatable bonds is 8. The van der Waals surface area contributed by atoms with E-state index in [4.69, 9.17) is 10.8 Å². The van der Waals surface area contributed by atoms with E-state index in [0.717, 1.165) is 17.0 Å². The minimum atomic E-state index is -1.18. The standard InChI is InChI=1S/C22H25FN6O3/c1-11(2)18(12(3)26-22(31)32)28-21-16(23)10-15(19(24)30)20(29-21)27-14-6-7-17-13(9-14)5-4-8-25-17/h4-12,18,26H,1-3H3,(H2,24,30)(H,31,32)(H2,27,28,29)/t12-,18+/m0/s1. The third kappa shape index (κ3) is 5.20. The summed E-state index contributed by atoms with van der Waals surface area (Å²) in [5.74, 6) is -1.73. The van der Waals surface area contributed by atoms with E-state index in [2.05, 4.69) is 25.9 Å². The van der Waals surface area contributed by atoms with E-state index in [1.165, 1.54) is 0 Å². The van der Waals surface area contributed by atoms with Crippen molar-refractivity contribution < 1.29 is 19.1 Å². The summed E-state index contributed by atoms with van der Waals surface area (Å²) in [4.78, 5) is 31.5. The van der Waals surface area contributed by atoms with E-state index in [9.17, 15) is 14.0 Å². The Labute approximate surface area is 184 Å². The Bertz CT molecular complexity index is 1150. The highest BCUT2D eigenvalue weighted by molar-refractivity contribution is 5.99. The number of benzene rings is 1. The van der Waals surface area contributed by atoms with Crippen LogP contribution in [-0.4, -0.2) is 39.2 Å². The zero-order valence-electron chi connectivity index (χ0n) is 17.9. The van der Waals surface area contributed by atoms with Crippen molar-refractivity contribution in [1.29, 1.82) is 0 Å². The Morgan fingerprint density at radius 1 is 1.12 bits per heavy atom. The first-order valence-electron chi connectivity index (χ1n) is 10.0. The number of carbonyl (C=O) groups excluding carboxylic acids is 1. The molecule has 3 rings (SSSR count). The number of hydrogen-bond acceptors (Lipinski definition) is 6. The number of nitrogens with two attached hydrogens (primary N) is 1. The quantitative estimate of drug-likeness (QED) is 0.359. The van der Waals surface area contributed by atoms with Crippen molar-refractivity contribution in [3.63, 3.8) is 0 Å². The molecule has 6 N–H and O–H groups in total. The summed E-state index contributed by atoms with van der Waals surface area (Å²) in [6.07, 6.45) is 0.501. The van der Waals surface area contributed by atoms with Crippen LogP contribution in [0.1, 0.15) is 31.1 Å². The number of primary amides is 1. The van der Waals surface area contributed by atoms with E-state index >= 15 is 0 Å². The van der Waals surface area contributed by atoms with Gasteiger partial charge in [0, 0.05) is 29.4 Å². The molecule has 0 unspecified atom stereocenters. The van der Waals surface area contributed by atoms with Crippen LogP contribution in [0, 0.1) is 11.7 Å². The minimum absolute atomic E-state index is 0.0572. The average molecular weight is 440 g/mol. The molecule has 0 aliphatic heterocycles. The predicted molar refractivity (Wildman–Crippen MR) is 121 cm³/mol. The lowest BCUT2D eigenvalue weighted by Gasteiger charge is -2.29. The average Bonchev–Trinajstić information content (AvgIpc) is 2.72. The number of anilines is 3. The SMILES string of the molecule is CC(C)[C@@H](Nc1nc(Nc2ccc3ncccc3c2)c(C(N)=O)cc1F)[C@H](C)NC(=O)O. The van der Waals surface area contributed by atoms with E-state index in [-0.39, 0.29) is 23.1 Å². The second kappa shape index (κ2) is 9.46. The van der Waals surface area contributed by atoms with E-state index in [1.54, 1.807) is 31.3 Å². The van der Waals surface area contributed by atoms with Gasteiger partial charge in [-0.25, -0.2) is 14.2 Å². The molecule has 3 aromatic rings. The smallest absolute Gasteiger partial charge is 0.404 e. The van der Waals surface area contributed by atoms with Gasteiger partial charge in [-0.15, -0.1) is 0 Å². The number of pyridine rings is 2. The number of nitrogens with zero attached hydrogens (tertiary/aromatic N) is 2. The summed E-state index contributed by atoms with van der Waals surface area (Å²) >= 11 is 0. The second-order valence-electron chi connectivity index (χ2n) is 7.77. The van der Waals surface area contributed by atoms with Gasteiger partial charge < -0.3 is 26.8 Å². The fourth-order valence-electron chi connectivity index (χ4n) is 3.47. The van der Waals surface area contributed by atoms with Gasteiger partial charge in [0.25, 0.3) is 5.91 Å². The monoisotopic (exact) mass is 440 g/mol. The number of amides is 2. The van der Waals surface area contributed by atoms with Crippen LogP contribution in [-0.2, 0) is 0 Å². The van der Waals surface area contributed by atoms with E-state index in [1.807, 2.05) is 26.0 Å². The van der Waals surface area contributed by atoms with Crippen molar-refractivity contribution >= 4 is 40.2 Å². The molecule has 0 spiro atoms. The van der Waals surface area contributed by atoms with Crippen LogP contribution in [0.2, 0.25) is 0 Å². The number of halogens is 1. The summed E-state index contributed by atoms with van der Waals surface area (Å²) in [6.45, 7) is 5.41. The third-order valence-electron chi connectivity index (χ3n) is 5.02. The molecule has 10 heteroatoms. The zero-order valence-corrected chi connectivity index (χ0v) is 17.9. The highest BCUT2D eigenvalue weighted by Gasteiger charge is 2.25. The van der Waals surface area contributed by atoms with Crippen LogP contribution in [0.5, 0.6) is 0 Å². The first-order chi connectivity index (χ1) is 15.2. The highest BCUT2D eigenvalue weighted by Crippen LogP contribution is 2.27. The minimum Gasteiger partial charge on any atom is -0.465 e. The number of aromatic nitrogens is 2. The highest BCUT2D eigenvalue weighted by atomic mass is 19.1. The van der Waals surface area contributed by atoms with Gasteiger partial charge in [-0.3, -0.25) is 9.78 Å². The molecule has 32 heavy (non-hydrogen) atoms. The van der Waals surface area contributed by atoms with E-state index < -0.39 is 29.9 Å². The van der Waals surface area contributed by atoms with Crippen LogP contribution < -0.4 is 21.7 Å². The normalized spacial score (nSPS) is 12.9. The number of hydrogen-bond donors (Lipinski definition) is 5. The zero-order chi connectivity index (χ0) is 23.4. The van der Waals surface area contributed by atoms with Crippen molar-refractivity contribution in [3.8, 4) is 0 Å². The summed E-state index contributed by atoms with van der Waals surface area (Å²) in [6, 6.07) is 9.08. The maximum absolute atomic E-state index is 14.8. The molecule has 2 atom stereocenters. The van der Waals surface area contributed by atoms with Crippen molar-refractivity contribution in [3.05, 3.63) is 54.0 Å². The Balaban J connectivity index is 1.97. The van der Waals surface area contributed by atoms with Gasteiger partial charge in [0.1, 0.15) is 5.82 Å². The summed E-state index contributed by atoms with van der Waals surface area (Å²) in [5, 5.41) is 18.2. The lowest BCUT2D eigenvalue weighted by atomic mass is 9.97. The molecule has 0 fully saturated rings. The summed E-state index contributed by atoms with van der Waals surface area (Å²) in [7, 11) is 0. The fraction of sp³-hybridized carbons (Fsp3) is 0.273. The second-order valence-corrected chi connectivity index (χ2v) is 7.77. The number of carboxylic acid groups (broad SMARTS) is 1. The van der Waals surface area contributed by atoms with Gasteiger partial charge >= 0.3 is 6.09 Å². The van der Waals surface area contributed by atoms with Crippen LogP contribution in [0.3, 0.4) is 0 Å². The molecule has 2 heterocycles. The first-order valence-corrected chi connectivity index (χ1v) is 10.0. The molecule has 0 saturated carbocycles. The molecule has 0 aliphatic carbocycles.